The first kappa shape index (κ1) is 22.9. The van der Waals surface area contributed by atoms with Gasteiger partial charge in [0.15, 0.2) is 0 Å². The molecule has 174 valence electrons. The number of nitro benzene ring substituents is 1. The summed E-state index contributed by atoms with van der Waals surface area (Å²) in [5, 5.41) is 11.0. The zero-order valence-electron chi connectivity index (χ0n) is 19.0. The predicted molar refractivity (Wildman–Crippen MR) is 125 cm³/mol. The van der Waals surface area contributed by atoms with Crippen molar-refractivity contribution in [3.05, 3.63) is 75.3 Å². The quantitative estimate of drug-likeness (QED) is 0.516. The molecule has 2 aliphatic rings. The molecule has 0 bridgehead atoms. The number of likely N-dealkylation sites (tertiary alicyclic amines) is 1. The molecule has 1 unspecified atom stereocenters. The standard InChI is InChI=1S/C25H30N4O4/c1-19-7-9-21(10-8-19)24(30)28-11-3-5-22(18-28)25(31)27-14-12-26(13-15-27)17-20-4-2-6-23(16-20)29(32)33/h2,4,6-10,16,22H,3,5,11-15,17-18H2,1H3. The number of piperazine rings is 1. The molecule has 0 radical (unpaired) electrons. The maximum Gasteiger partial charge on any atom is 0.269 e. The van der Waals surface area contributed by atoms with Gasteiger partial charge in [0.25, 0.3) is 11.6 Å². The lowest BCUT2D eigenvalue weighted by Crippen LogP contribution is -2.52. The van der Waals surface area contributed by atoms with Crippen LogP contribution in [0.2, 0.25) is 0 Å². The molecule has 2 aromatic carbocycles. The normalized spacial score (nSPS) is 19.4. The summed E-state index contributed by atoms with van der Waals surface area (Å²) in [6, 6.07) is 14.3. The summed E-state index contributed by atoms with van der Waals surface area (Å²) < 4.78 is 0. The van der Waals surface area contributed by atoms with E-state index in [2.05, 4.69) is 4.90 Å². The van der Waals surface area contributed by atoms with Crippen molar-refractivity contribution in [1.29, 1.82) is 0 Å². The van der Waals surface area contributed by atoms with Gasteiger partial charge in [-0.1, -0.05) is 29.8 Å². The van der Waals surface area contributed by atoms with E-state index in [0.29, 0.717) is 38.3 Å². The number of carbonyl (C=O) groups is 2. The highest BCUT2D eigenvalue weighted by Crippen LogP contribution is 2.22. The van der Waals surface area contributed by atoms with Crippen LogP contribution in [0, 0.1) is 23.0 Å². The topological polar surface area (TPSA) is 87.0 Å². The number of amides is 2. The molecule has 0 aliphatic carbocycles. The Labute approximate surface area is 193 Å². The Morgan fingerprint density at radius 3 is 2.42 bits per heavy atom. The lowest BCUT2D eigenvalue weighted by molar-refractivity contribution is -0.384. The maximum atomic E-state index is 13.2. The van der Waals surface area contributed by atoms with Gasteiger partial charge in [0, 0.05) is 63.5 Å². The number of hydrogen-bond donors (Lipinski definition) is 0. The molecule has 0 saturated carbocycles. The molecule has 1 atom stereocenters. The van der Waals surface area contributed by atoms with Gasteiger partial charge in [-0.3, -0.25) is 24.6 Å². The number of rotatable bonds is 5. The van der Waals surface area contributed by atoms with Crippen LogP contribution in [0.3, 0.4) is 0 Å². The SMILES string of the molecule is Cc1ccc(C(=O)N2CCCC(C(=O)N3CCN(Cc4cccc([N+](=O)[O-])c4)CC3)C2)cc1. The lowest BCUT2D eigenvalue weighted by Gasteiger charge is -2.39. The number of benzene rings is 2. The van der Waals surface area contributed by atoms with E-state index >= 15 is 0 Å². The van der Waals surface area contributed by atoms with E-state index in [1.165, 1.54) is 6.07 Å². The van der Waals surface area contributed by atoms with Crippen molar-refractivity contribution < 1.29 is 14.5 Å². The molecule has 8 nitrogen and oxygen atoms in total. The number of hydrogen-bond acceptors (Lipinski definition) is 5. The minimum Gasteiger partial charge on any atom is -0.340 e. The summed E-state index contributed by atoms with van der Waals surface area (Å²) in [7, 11) is 0. The molecular formula is C25H30N4O4. The zero-order chi connectivity index (χ0) is 23.4. The fraction of sp³-hybridized carbons (Fsp3) is 0.440. The van der Waals surface area contributed by atoms with Gasteiger partial charge >= 0.3 is 0 Å². The van der Waals surface area contributed by atoms with E-state index < -0.39 is 0 Å². The van der Waals surface area contributed by atoms with E-state index in [1.807, 2.05) is 47.1 Å². The van der Waals surface area contributed by atoms with Gasteiger partial charge in [0.2, 0.25) is 5.91 Å². The summed E-state index contributed by atoms with van der Waals surface area (Å²) >= 11 is 0. The summed E-state index contributed by atoms with van der Waals surface area (Å²) in [5.41, 5.74) is 2.79. The van der Waals surface area contributed by atoms with Crippen LogP contribution in [0.15, 0.2) is 48.5 Å². The Hall–Kier alpha value is -3.26. The Bertz CT molecular complexity index is 1020. The average molecular weight is 451 g/mol. The van der Waals surface area contributed by atoms with E-state index in [-0.39, 0.29) is 28.3 Å². The molecule has 33 heavy (non-hydrogen) atoms. The van der Waals surface area contributed by atoms with Gasteiger partial charge < -0.3 is 9.80 Å². The van der Waals surface area contributed by atoms with Crippen molar-refractivity contribution in [1.82, 2.24) is 14.7 Å². The fourth-order valence-corrected chi connectivity index (χ4v) is 4.65. The largest absolute Gasteiger partial charge is 0.340 e. The third kappa shape index (κ3) is 5.57. The van der Waals surface area contributed by atoms with Crippen molar-refractivity contribution in [3.63, 3.8) is 0 Å². The maximum absolute atomic E-state index is 13.2. The molecule has 2 aromatic rings. The van der Waals surface area contributed by atoms with Crippen LogP contribution in [0.4, 0.5) is 5.69 Å². The number of carbonyl (C=O) groups excluding carboxylic acids is 2. The van der Waals surface area contributed by atoms with Crippen LogP contribution in [0.25, 0.3) is 0 Å². The molecule has 8 heteroatoms. The number of aryl methyl sites for hydroxylation is 1. The first-order chi connectivity index (χ1) is 15.9. The van der Waals surface area contributed by atoms with E-state index in [9.17, 15) is 19.7 Å². The van der Waals surface area contributed by atoms with Crippen LogP contribution in [-0.4, -0.2) is 70.7 Å². The highest BCUT2D eigenvalue weighted by molar-refractivity contribution is 5.94. The number of non-ortho nitro benzene ring substituents is 1. The molecule has 0 spiro atoms. The lowest BCUT2D eigenvalue weighted by atomic mass is 9.95. The summed E-state index contributed by atoms with van der Waals surface area (Å²) in [5.74, 6) is -0.0304. The molecule has 2 amide bonds. The highest BCUT2D eigenvalue weighted by atomic mass is 16.6. The number of nitro groups is 1. The Morgan fingerprint density at radius 2 is 1.73 bits per heavy atom. The zero-order valence-corrected chi connectivity index (χ0v) is 19.0. The molecule has 2 aliphatic heterocycles. The third-order valence-corrected chi connectivity index (χ3v) is 6.57. The van der Waals surface area contributed by atoms with Crippen LogP contribution in [-0.2, 0) is 11.3 Å². The minimum atomic E-state index is -0.378. The van der Waals surface area contributed by atoms with E-state index in [4.69, 9.17) is 0 Å². The smallest absolute Gasteiger partial charge is 0.269 e. The van der Waals surface area contributed by atoms with Crippen LogP contribution >= 0.6 is 0 Å². The van der Waals surface area contributed by atoms with Crippen LogP contribution < -0.4 is 0 Å². The van der Waals surface area contributed by atoms with Gasteiger partial charge in [0.05, 0.1) is 10.8 Å². The summed E-state index contributed by atoms with van der Waals surface area (Å²) in [6.45, 7) is 6.51. The van der Waals surface area contributed by atoms with E-state index in [0.717, 1.165) is 37.1 Å². The van der Waals surface area contributed by atoms with Gasteiger partial charge in [-0.05, 0) is 37.5 Å². The fourth-order valence-electron chi connectivity index (χ4n) is 4.65. The van der Waals surface area contributed by atoms with Crippen molar-refractivity contribution >= 4 is 17.5 Å². The molecule has 4 rings (SSSR count). The Kier molecular flexibility index (Phi) is 7.03. The summed E-state index contributed by atoms with van der Waals surface area (Å²) in [4.78, 5) is 42.6. The molecule has 2 heterocycles. The second-order valence-electron chi connectivity index (χ2n) is 8.98. The molecule has 2 fully saturated rings. The van der Waals surface area contributed by atoms with Crippen molar-refractivity contribution in [2.45, 2.75) is 26.3 Å². The Balaban J connectivity index is 1.30. The second kappa shape index (κ2) is 10.1. The molecular weight excluding hydrogens is 420 g/mol. The van der Waals surface area contributed by atoms with Gasteiger partial charge in [-0.25, -0.2) is 0 Å². The van der Waals surface area contributed by atoms with Gasteiger partial charge in [-0.15, -0.1) is 0 Å². The predicted octanol–water partition coefficient (Wildman–Crippen LogP) is 3.10. The highest BCUT2D eigenvalue weighted by Gasteiger charge is 2.33. The van der Waals surface area contributed by atoms with E-state index in [1.54, 1.807) is 12.1 Å². The average Bonchev–Trinajstić information content (AvgIpc) is 2.84. The van der Waals surface area contributed by atoms with Crippen LogP contribution in [0.1, 0.15) is 34.3 Å². The van der Waals surface area contributed by atoms with Crippen molar-refractivity contribution in [2.75, 3.05) is 39.3 Å². The molecule has 0 N–H and O–H groups in total. The minimum absolute atomic E-state index is 0.00530. The third-order valence-electron chi connectivity index (χ3n) is 6.57. The van der Waals surface area contributed by atoms with Gasteiger partial charge in [0.1, 0.15) is 0 Å². The van der Waals surface area contributed by atoms with Crippen molar-refractivity contribution in [2.24, 2.45) is 5.92 Å². The first-order valence-corrected chi connectivity index (χ1v) is 11.5. The van der Waals surface area contributed by atoms with Crippen LogP contribution in [0.5, 0.6) is 0 Å². The van der Waals surface area contributed by atoms with Crippen molar-refractivity contribution in [3.8, 4) is 0 Å². The number of piperidine rings is 1. The monoisotopic (exact) mass is 450 g/mol. The molecule has 0 aromatic heterocycles. The first-order valence-electron chi connectivity index (χ1n) is 11.5. The molecule has 2 saturated heterocycles. The summed E-state index contributed by atoms with van der Waals surface area (Å²) in [6.07, 6.45) is 1.64. The van der Waals surface area contributed by atoms with Gasteiger partial charge in [-0.2, -0.15) is 0 Å². The number of nitrogens with zero attached hydrogens (tertiary/aromatic N) is 4. The Morgan fingerprint density at radius 1 is 1.00 bits per heavy atom. The second-order valence-corrected chi connectivity index (χ2v) is 8.98.